The lowest BCUT2D eigenvalue weighted by Gasteiger charge is -2.19. The third-order valence-electron chi connectivity index (χ3n) is 3.35. The van der Waals surface area contributed by atoms with Crippen molar-refractivity contribution in [1.82, 2.24) is 10.6 Å². The van der Waals surface area contributed by atoms with Crippen molar-refractivity contribution in [3.8, 4) is 6.07 Å². The van der Waals surface area contributed by atoms with Gasteiger partial charge < -0.3 is 10.6 Å². The Bertz CT molecular complexity index is 529. The smallest absolute Gasteiger partial charge is 0.251 e. The van der Waals surface area contributed by atoms with Crippen molar-refractivity contribution in [3.63, 3.8) is 0 Å². The zero-order valence-electron chi connectivity index (χ0n) is 11.4. The van der Waals surface area contributed by atoms with Crippen LogP contribution < -0.4 is 10.6 Å². The maximum Gasteiger partial charge on any atom is 0.251 e. The Morgan fingerprint density at radius 3 is 3.00 bits per heavy atom. The number of fused-ring (bicyclic) bond motifs is 1. The lowest BCUT2D eigenvalue weighted by molar-refractivity contribution is 0.0943. The number of carbonyl (C=O) groups is 1. The fourth-order valence-corrected chi connectivity index (χ4v) is 2.06. The molecule has 4 heteroatoms. The normalized spacial score (nSPS) is 14.4. The van der Waals surface area contributed by atoms with Gasteiger partial charge in [-0.25, -0.2) is 0 Å². The van der Waals surface area contributed by atoms with Crippen LogP contribution in [0.2, 0.25) is 0 Å². The molecule has 0 bridgehead atoms. The number of hydrogen-bond acceptors (Lipinski definition) is 3. The van der Waals surface area contributed by atoms with Gasteiger partial charge in [-0.05, 0) is 50.1 Å². The van der Waals surface area contributed by atoms with E-state index in [0.29, 0.717) is 12.1 Å². The molecule has 2 rings (SSSR count). The highest BCUT2D eigenvalue weighted by atomic mass is 16.1. The zero-order valence-corrected chi connectivity index (χ0v) is 11.4. The minimum absolute atomic E-state index is 0.114. The molecular weight excluding hydrogens is 238 g/mol. The summed E-state index contributed by atoms with van der Waals surface area (Å²) in [4.78, 5) is 12.1. The Hall–Kier alpha value is -1.86. The Morgan fingerprint density at radius 1 is 1.47 bits per heavy atom. The van der Waals surface area contributed by atoms with Crippen LogP contribution >= 0.6 is 0 Å². The lowest BCUT2D eigenvalue weighted by atomic mass is 9.95. The first-order valence-corrected chi connectivity index (χ1v) is 6.54. The second-order valence-corrected chi connectivity index (χ2v) is 5.59. The van der Waals surface area contributed by atoms with Gasteiger partial charge >= 0.3 is 0 Å². The third kappa shape index (κ3) is 3.33. The van der Waals surface area contributed by atoms with Gasteiger partial charge in [0, 0.05) is 18.7 Å². The van der Waals surface area contributed by atoms with Gasteiger partial charge in [-0.3, -0.25) is 4.79 Å². The van der Waals surface area contributed by atoms with E-state index in [-0.39, 0.29) is 5.91 Å². The molecule has 4 nitrogen and oxygen atoms in total. The summed E-state index contributed by atoms with van der Waals surface area (Å²) < 4.78 is 0. The van der Waals surface area contributed by atoms with E-state index in [2.05, 4.69) is 16.7 Å². The van der Waals surface area contributed by atoms with Crippen molar-refractivity contribution in [3.05, 3.63) is 34.9 Å². The largest absolute Gasteiger partial charge is 0.350 e. The quantitative estimate of drug-likeness (QED) is 0.864. The Labute approximate surface area is 113 Å². The number of amides is 1. The monoisotopic (exact) mass is 257 g/mol. The van der Waals surface area contributed by atoms with Crippen LogP contribution in [0.1, 0.15) is 35.3 Å². The minimum Gasteiger partial charge on any atom is -0.350 e. The van der Waals surface area contributed by atoms with Crippen molar-refractivity contribution in [2.75, 3.05) is 13.1 Å². The Balaban J connectivity index is 2.06. The highest BCUT2D eigenvalue weighted by Crippen LogP contribution is 2.16. The van der Waals surface area contributed by atoms with E-state index in [1.165, 1.54) is 11.1 Å². The first-order valence-electron chi connectivity index (χ1n) is 6.54. The van der Waals surface area contributed by atoms with Crippen LogP contribution in [-0.4, -0.2) is 19.0 Å². The Morgan fingerprint density at radius 2 is 2.26 bits per heavy atom. The summed E-state index contributed by atoms with van der Waals surface area (Å²) in [7, 11) is 0. The number of carbonyl (C=O) groups excluding carboxylic acids is 1. The fourth-order valence-electron chi connectivity index (χ4n) is 2.06. The lowest BCUT2D eigenvalue weighted by Crippen LogP contribution is -2.33. The number of nitrogens with zero attached hydrogens (tertiary/aromatic N) is 1. The molecule has 0 saturated heterocycles. The van der Waals surface area contributed by atoms with E-state index in [1.54, 1.807) is 0 Å². The predicted octanol–water partition coefficient (Wildman–Crippen LogP) is 1.61. The second-order valence-electron chi connectivity index (χ2n) is 5.59. The maximum absolute atomic E-state index is 12.1. The molecular formula is C15H19N3O. The molecule has 1 aliphatic heterocycles. The van der Waals surface area contributed by atoms with Crippen molar-refractivity contribution < 1.29 is 4.79 Å². The van der Waals surface area contributed by atoms with Gasteiger partial charge in [0.2, 0.25) is 0 Å². The molecule has 100 valence electrons. The summed E-state index contributed by atoms with van der Waals surface area (Å²) >= 11 is 0. The molecule has 0 atom stereocenters. The van der Waals surface area contributed by atoms with E-state index < -0.39 is 5.41 Å². The van der Waals surface area contributed by atoms with Gasteiger partial charge in [0.05, 0.1) is 11.5 Å². The topological polar surface area (TPSA) is 64.9 Å². The second kappa shape index (κ2) is 5.41. The highest BCUT2D eigenvalue weighted by molar-refractivity contribution is 5.94. The first kappa shape index (κ1) is 13.6. The van der Waals surface area contributed by atoms with Crippen LogP contribution in [0.15, 0.2) is 18.2 Å². The van der Waals surface area contributed by atoms with Gasteiger partial charge in [-0.2, -0.15) is 5.26 Å². The highest BCUT2D eigenvalue weighted by Gasteiger charge is 2.19. The van der Waals surface area contributed by atoms with Crippen LogP contribution in [0.4, 0.5) is 0 Å². The molecule has 0 spiro atoms. The van der Waals surface area contributed by atoms with Gasteiger partial charge in [-0.15, -0.1) is 0 Å². The number of nitrogens with one attached hydrogen (secondary N) is 2. The Kier molecular flexibility index (Phi) is 3.87. The van der Waals surface area contributed by atoms with Gasteiger partial charge in [0.1, 0.15) is 0 Å². The fraction of sp³-hybridized carbons (Fsp3) is 0.467. The van der Waals surface area contributed by atoms with Crippen LogP contribution in [0.3, 0.4) is 0 Å². The molecule has 1 aromatic carbocycles. The van der Waals surface area contributed by atoms with Crippen LogP contribution in [0, 0.1) is 16.7 Å². The predicted molar refractivity (Wildman–Crippen MR) is 73.6 cm³/mol. The van der Waals surface area contributed by atoms with Crippen molar-refractivity contribution in [2.24, 2.45) is 5.41 Å². The van der Waals surface area contributed by atoms with Crippen LogP contribution in [0.25, 0.3) is 0 Å². The van der Waals surface area contributed by atoms with Crippen LogP contribution in [-0.2, 0) is 13.0 Å². The average molecular weight is 257 g/mol. The molecule has 19 heavy (non-hydrogen) atoms. The summed E-state index contributed by atoms with van der Waals surface area (Å²) in [5.74, 6) is -0.114. The summed E-state index contributed by atoms with van der Waals surface area (Å²) in [6.45, 7) is 5.79. The molecule has 1 aromatic rings. The van der Waals surface area contributed by atoms with E-state index in [4.69, 9.17) is 5.26 Å². The molecule has 1 aliphatic rings. The van der Waals surface area contributed by atoms with E-state index in [1.807, 2.05) is 32.0 Å². The molecule has 0 aliphatic carbocycles. The van der Waals surface area contributed by atoms with Crippen molar-refractivity contribution in [1.29, 1.82) is 5.26 Å². The summed E-state index contributed by atoms with van der Waals surface area (Å²) in [5.41, 5.74) is 2.63. The number of rotatable bonds is 3. The molecule has 1 amide bonds. The molecule has 1 heterocycles. The summed E-state index contributed by atoms with van der Waals surface area (Å²) in [6.07, 6.45) is 1.01. The van der Waals surface area contributed by atoms with Gasteiger partial charge in [0.15, 0.2) is 0 Å². The molecule has 0 radical (unpaired) electrons. The number of nitriles is 1. The van der Waals surface area contributed by atoms with E-state index >= 15 is 0 Å². The minimum atomic E-state index is -0.536. The maximum atomic E-state index is 12.1. The number of benzene rings is 1. The zero-order chi connectivity index (χ0) is 13.9. The van der Waals surface area contributed by atoms with Gasteiger partial charge in [0.25, 0.3) is 5.91 Å². The SMILES string of the molecule is CC(C)(C#N)CNC(=O)c1ccc2c(c1)CNCC2. The van der Waals surface area contributed by atoms with Gasteiger partial charge in [-0.1, -0.05) is 6.07 Å². The summed E-state index contributed by atoms with van der Waals surface area (Å²) in [6, 6.07) is 8.00. The van der Waals surface area contributed by atoms with E-state index in [9.17, 15) is 4.79 Å². The molecule has 0 aromatic heterocycles. The van der Waals surface area contributed by atoms with E-state index in [0.717, 1.165) is 19.5 Å². The first-order chi connectivity index (χ1) is 9.02. The van der Waals surface area contributed by atoms with Crippen molar-refractivity contribution >= 4 is 5.91 Å². The third-order valence-corrected chi connectivity index (χ3v) is 3.35. The average Bonchev–Trinajstić information content (AvgIpc) is 2.44. The molecule has 0 saturated carbocycles. The molecule has 0 fully saturated rings. The standard InChI is InChI=1S/C15H19N3O/c1-15(2,9-16)10-18-14(19)12-4-3-11-5-6-17-8-13(11)7-12/h3-4,7,17H,5-6,8,10H2,1-2H3,(H,18,19). The molecule has 0 unspecified atom stereocenters. The number of hydrogen-bond donors (Lipinski definition) is 2. The van der Waals surface area contributed by atoms with Crippen LogP contribution in [0.5, 0.6) is 0 Å². The summed E-state index contributed by atoms with van der Waals surface area (Å²) in [5, 5.41) is 15.0. The molecule has 2 N–H and O–H groups in total. The van der Waals surface area contributed by atoms with Crippen molar-refractivity contribution in [2.45, 2.75) is 26.8 Å².